The van der Waals surface area contributed by atoms with E-state index in [2.05, 4.69) is 33.2 Å². The van der Waals surface area contributed by atoms with Crippen molar-refractivity contribution in [3.8, 4) is 11.1 Å². The molecule has 106 valence electrons. The van der Waals surface area contributed by atoms with Crippen molar-refractivity contribution in [2.45, 2.75) is 24.8 Å². The normalized spacial score (nSPS) is 23.5. The zero-order valence-corrected chi connectivity index (χ0v) is 11.6. The number of amidine groups is 1. The Bertz CT molecular complexity index is 713. The molecule has 1 aromatic heterocycles. The fourth-order valence-electron chi connectivity index (χ4n) is 3.33. The number of hydrogen-bond donors (Lipinski definition) is 1. The molecule has 1 aromatic carbocycles. The third-order valence-corrected chi connectivity index (χ3v) is 4.34. The maximum atomic E-state index is 5.69. The molecule has 0 bridgehead atoms. The summed E-state index contributed by atoms with van der Waals surface area (Å²) in [6.07, 6.45) is 8.10. The summed E-state index contributed by atoms with van der Waals surface area (Å²) in [7, 11) is 0. The van der Waals surface area contributed by atoms with E-state index in [1.807, 2.05) is 12.4 Å². The second-order valence-electron chi connectivity index (χ2n) is 5.71. The first-order valence-corrected chi connectivity index (χ1v) is 7.10. The van der Waals surface area contributed by atoms with Gasteiger partial charge in [0.05, 0.1) is 0 Å². The molecule has 1 unspecified atom stereocenters. The van der Waals surface area contributed by atoms with Gasteiger partial charge in [-0.25, -0.2) is 15.0 Å². The highest BCUT2D eigenvalue weighted by molar-refractivity contribution is 5.74. The number of fused-ring (bicyclic) bond motifs is 1. The van der Waals surface area contributed by atoms with Crippen LogP contribution in [0.5, 0.6) is 0 Å². The van der Waals surface area contributed by atoms with Crippen LogP contribution in [-0.2, 0) is 17.6 Å². The van der Waals surface area contributed by atoms with Crippen molar-refractivity contribution in [3.63, 3.8) is 0 Å². The lowest BCUT2D eigenvalue weighted by Gasteiger charge is -2.31. The monoisotopic (exact) mass is 280 g/mol. The van der Waals surface area contributed by atoms with E-state index >= 15 is 0 Å². The summed E-state index contributed by atoms with van der Waals surface area (Å²) in [6.45, 7) is 0.594. The molecule has 21 heavy (non-hydrogen) atoms. The van der Waals surface area contributed by atoms with E-state index < -0.39 is 0 Å². The van der Waals surface area contributed by atoms with Crippen molar-refractivity contribution >= 4 is 6.02 Å². The van der Waals surface area contributed by atoms with Crippen LogP contribution in [0, 0.1) is 0 Å². The summed E-state index contributed by atoms with van der Waals surface area (Å²) >= 11 is 0. The topological polar surface area (TPSA) is 73.4 Å². The van der Waals surface area contributed by atoms with Gasteiger partial charge in [0.2, 0.25) is 0 Å². The van der Waals surface area contributed by atoms with Crippen LogP contribution < -0.4 is 5.73 Å². The molecular weight excluding hydrogens is 264 g/mol. The number of benzene rings is 1. The molecule has 2 aromatic rings. The summed E-state index contributed by atoms with van der Waals surface area (Å²) in [4.78, 5) is 12.8. The van der Waals surface area contributed by atoms with Crippen molar-refractivity contribution in [2.75, 3.05) is 6.61 Å². The van der Waals surface area contributed by atoms with Crippen molar-refractivity contribution in [1.29, 1.82) is 0 Å². The highest BCUT2D eigenvalue weighted by atomic mass is 16.5. The molecule has 2 aliphatic rings. The Morgan fingerprint density at radius 1 is 1.19 bits per heavy atom. The van der Waals surface area contributed by atoms with E-state index in [-0.39, 0.29) is 5.54 Å². The summed E-state index contributed by atoms with van der Waals surface area (Å²) < 4.78 is 5.38. The van der Waals surface area contributed by atoms with E-state index in [0.29, 0.717) is 12.6 Å². The molecule has 0 amide bonds. The van der Waals surface area contributed by atoms with E-state index in [9.17, 15) is 0 Å². The Labute approximate surface area is 122 Å². The average Bonchev–Trinajstić information content (AvgIpc) is 2.88. The third-order valence-electron chi connectivity index (χ3n) is 4.34. The summed E-state index contributed by atoms with van der Waals surface area (Å²) in [5.41, 5.74) is 10.5. The smallest absolute Gasteiger partial charge is 0.282 e. The SMILES string of the molecule is NC1=NC2(CCc3c(cccc3-c3cncnc3)C2)CO1. The molecule has 2 heterocycles. The van der Waals surface area contributed by atoms with Crippen molar-refractivity contribution in [3.05, 3.63) is 48.0 Å². The van der Waals surface area contributed by atoms with Crippen molar-refractivity contribution in [2.24, 2.45) is 10.7 Å². The quantitative estimate of drug-likeness (QED) is 0.863. The number of aliphatic imine (C=N–C) groups is 1. The number of aromatic nitrogens is 2. The first kappa shape index (κ1) is 12.3. The lowest BCUT2D eigenvalue weighted by molar-refractivity contribution is 0.235. The lowest BCUT2D eigenvalue weighted by atomic mass is 9.77. The number of rotatable bonds is 1. The van der Waals surface area contributed by atoms with E-state index in [4.69, 9.17) is 10.5 Å². The summed E-state index contributed by atoms with van der Waals surface area (Å²) in [5, 5.41) is 0. The van der Waals surface area contributed by atoms with Gasteiger partial charge in [-0.15, -0.1) is 0 Å². The Morgan fingerprint density at radius 2 is 2.05 bits per heavy atom. The van der Waals surface area contributed by atoms with Crippen LogP contribution in [0.15, 0.2) is 41.9 Å². The van der Waals surface area contributed by atoms with E-state index in [0.717, 1.165) is 24.8 Å². The maximum absolute atomic E-state index is 5.69. The van der Waals surface area contributed by atoms with Gasteiger partial charge in [-0.05, 0) is 29.5 Å². The van der Waals surface area contributed by atoms with Crippen LogP contribution in [0.2, 0.25) is 0 Å². The fourth-order valence-corrected chi connectivity index (χ4v) is 3.33. The van der Waals surface area contributed by atoms with Crippen LogP contribution in [-0.4, -0.2) is 28.1 Å². The predicted octanol–water partition coefficient (Wildman–Crippen LogP) is 1.72. The third kappa shape index (κ3) is 2.05. The summed E-state index contributed by atoms with van der Waals surface area (Å²) in [5.74, 6) is 0. The predicted molar refractivity (Wildman–Crippen MR) is 79.8 cm³/mol. The lowest BCUT2D eigenvalue weighted by Crippen LogP contribution is -2.35. The van der Waals surface area contributed by atoms with Gasteiger partial charge >= 0.3 is 0 Å². The van der Waals surface area contributed by atoms with Gasteiger partial charge in [-0.1, -0.05) is 18.2 Å². The average molecular weight is 280 g/mol. The maximum Gasteiger partial charge on any atom is 0.282 e. The Kier molecular flexibility index (Phi) is 2.67. The molecule has 2 N–H and O–H groups in total. The molecule has 5 nitrogen and oxygen atoms in total. The zero-order chi connectivity index (χ0) is 14.3. The van der Waals surface area contributed by atoms with Crippen molar-refractivity contribution in [1.82, 2.24) is 9.97 Å². The van der Waals surface area contributed by atoms with Crippen LogP contribution in [0.4, 0.5) is 0 Å². The van der Waals surface area contributed by atoms with Gasteiger partial charge in [0.25, 0.3) is 6.02 Å². The second-order valence-corrected chi connectivity index (χ2v) is 5.71. The van der Waals surface area contributed by atoms with Gasteiger partial charge in [0, 0.05) is 24.4 Å². The van der Waals surface area contributed by atoms with Gasteiger partial charge in [0.15, 0.2) is 0 Å². The van der Waals surface area contributed by atoms with Crippen LogP contribution in [0.3, 0.4) is 0 Å². The molecule has 1 atom stereocenters. The molecule has 1 aliphatic heterocycles. The van der Waals surface area contributed by atoms with Gasteiger partial charge in [-0.2, -0.15) is 0 Å². The van der Waals surface area contributed by atoms with Gasteiger partial charge < -0.3 is 10.5 Å². The molecule has 0 fully saturated rings. The van der Waals surface area contributed by atoms with E-state index in [1.54, 1.807) is 6.33 Å². The van der Waals surface area contributed by atoms with Gasteiger partial charge in [-0.3, -0.25) is 0 Å². The number of nitrogens with two attached hydrogens (primary N) is 1. The molecule has 5 heteroatoms. The molecule has 1 spiro atoms. The number of ether oxygens (including phenoxy) is 1. The molecule has 1 aliphatic carbocycles. The molecule has 0 radical (unpaired) electrons. The molecule has 4 rings (SSSR count). The largest absolute Gasteiger partial charge is 0.463 e. The second kappa shape index (κ2) is 4.55. The Balaban J connectivity index is 1.75. The highest BCUT2D eigenvalue weighted by Crippen LogP contribution is 2.38. The van der Waals surface area contributed by atoms with Gasteiger partial charge in [0.1, 0.15) is 18.5 Å². The Hall–Kier alpha value is -2.43. The minimum Gasteiger partial charge on any atom is -0.463 e. The van der Waals surface area contributed by atoms with Crippen molar-refractivity contribution < 1.29 is 4.74 Å². The first-order chi connectivity index (χ1) is 10.3. The van der Waals surface area contributed by atoms with E-state index in [1.165, 1.54) is 16.7 Å². The highest BCUT2D eigenvalue weighted by Gasteiger charge is 2.39. The minimum atomic E-state index is -0.164. The van der Waals surface area contributed by atoms with Crippen LogP contribution in [0.1, 0.15) is 17.5 Å². The minimum absolute atomic E-state index is 0.164. The fraction of sp³-hybridized carbons (Fsp3) is 0.312. The summed E-state index contributed by atoms with van der Waals surface area (Å²) in [6, 6.07) is 6.72. The molecular formula is C16H16N4O. The molecule has 0 saturated carbocycles. The van der Waals surface area contributed by atoms with Crippen LogP contribution >= 0.6 is 0 Å². The zero-order valence-electron chi connectivity index (χ0n) is 11.6. The molecule has 0 saturated heterocycles. The number of hydrogen-bond acceptors (Lipinski definition) is 5. The standard InChI is InChI=1S/C16H16N4O/c17-15-20-16(9-21-15)5-4-14-11(6-16)2-1-3-13(14)12-7-18-10-19-8-12/h1-3,7-8,10H,4-6,9H2,(H2,17,20). The van der Waals surface area contributed by atoms with Crippen LogP contribution in [0.25, 0.3) is 11.1 Å². The Morgan fingerprint density at radius 3 is 2.81 bits per heavy atom. The number of nitrogens with zero attached hydrogens (tertiary/aromatic N) is 3. The first-order valence-electron chi connectivity index (χ1n) is 7.10.